The molecule has 3 aliphatic carbocycles. The highest BCUT2D eigenvalue weighted by Gasteiger charge is 2.50. The van der Waals surface area contributed by atoms with Gasteiger partial charge in [0, 0.05) is 11.3 Å². The van der Waals surface area contributed by atoms with Gasteiger partial charge in [0.2, 0.25) is 5.76 Å². The Bertz CT molecular complexity index is 824. The summed E-state index contributed by atoms with van der Waals surface area (Å²) in [6.07, 6.45) is 10.5. The number of hydrogen-bond acceptors (Lipinski definition) is 6. The number of carbonyl (C=O) groups is 1. The van der Waals surface area contributed by atoms with Crippen LogP contribution in [0.2, 0.25) is 0 Å². The molecule has 0 aromatic carbocycles. The lowest BCUT2D eigenvalue weighted by Gasteiger charge is -2.26. The summed E-state index contributed by atoms with van der Waals surface area (Å²) in [4.78, 5) is 14.3. The molecule has 1 saturated heterocycles. The number of hydrogen-bond donors (Lipinski definition) is 2. The molecule has 3 saturated carbocycles. The zero-order valence-corrected chi connectivity index (χ0v) is 21.2. The number of ether oxygens (including phenoxy) is 1. The molecule has 0 bridgehead atoms. The molecule has 5 atom stereocenters. The molecule has 2 N–H and O–H groups in total. The zero-order valence-electron chi connectivity index (χ0n) is 20.4. The third-order valence-corrected chi connectivity index (χ3v) is 9.86. The molecule has 1 aromatic heterocycles. The van der Waals surface area contributed by atoms with Crippen LogP contribution in [0.1, 0.15) is 88.1 Å². The molecule has 1 amide bonds. The Balaban J connectivity index is 1.31. The van der Waals surface area contributed by atoms with E-state index in [-0.39, 0.29) is 23.6 Å². The fourth-order valence-corrected chi connectivity index (χ4v) is 7.63. The maximum atomic E-state index is 14.4. The van der Waals surface area contributed by atoms with E-state index < -0.39 is 6.17 Å². The molecular formula is C26H40FN3O3S. The molecule has 5 unspecified atom stereocenters. The van der Waals surface area contributed by atoms with Crippen molar-refractivity contribution in [1.82, 2.24) is 15.8 Å². The van der Waals surface area contributed by atoms with Gasteiger partial charge in [-0.3, -0.25) is 4.79 Å². The van der Waals surface area contributed by atoms with Crippen LogP contribution in [0.25, 0.3) is 0 Å². The molecule has 190 valence electrons. The van der Waals surface area contributed by atoms with Gasteiger partial charge in [-0.15, -0.1) is 11.8 Å². The predicted molar refractivity (Wildman–Crippen MR) is 131 cm³/mol. The number of nitrogens with zero attached hydrogens (tertiary/aromatic N) is 1. The van der Waals surface area contributed by atoms with E-state index in [0.29, 0.717) is 48.3 Å². The average molecular weight is 494 g/mol. The molecule has 5 rings (SSSR count). The van der Waals surface area contributed by atoms with Crippen LogP contribution in [0.5, 0.6) is 5.88 Å². The second kappa shape index (κ2) is 11.2. The van der Waals surface area contributed by atoms with Crippen LogP contribution in [0.4, 0.5) is 4.39 Å². The largest absolute Gasteiger partial charge is 0.474 e. The van der Waals surface area contributed by atoms with E-state index in [2.05, 4.69) is 22.7 Å². The Morgan fingerprint density at radius 2 is 1.97 bits per heavy atom. The summed E-state index contributed by atoms with van der Waals surface area (Å²) in [5.41, 5.74) is 0. The lowest BCUT2D eigenvalue weighted by Crippen LogP contribution is -2.42. The van der Waals surface area contributed by atoms with Crippen LogP contribution in [-0.2, 0) is 0 Å². The lowest BCUT2D eigenvalue weighted by molar-refractivity contribution is 0.0865. The molecule has 1 aliphatic heterocycles. The SMILES string of the molecule is CCC1CC(F)CC2CC2C1NC(=O)c1onc(OCC2CCNCC2)c1SC1CCCCC1. The second-order valence-corrected chi connectivity index (χ2v) is 12.2. The number of rotatable bonds is 8. The van der Waals surface area contributed by atoms with Crippen LogP contribution >= 0.6 is 11.8 Å². The summed E-state index contributed by atoms with van der Waals surface area (Å²) in [6, 6.07) is 0.0139. The van der Waals surface area contributed by atoms with Crippen molar-refractivity contribution >= 4 is 17.7 Å². The van der Waals surface area contributed by atoms with Crippen molar-refractivity contribution in [3.63, 3.8) is 0 Å². The van der Waals surface area contributed by atoms with E-state index in [0.717, 1.165) is 56.5 Å². The van der Waals surface area contributed by atoms with Crippen LogP contribution in [0.15, 0.2) is 9.42 Å². The Labute approximate surface area is 206 Å². The minimum atomic E-state index is -0.750. The van der Waals surface area contributed by atoms with Crippen molar-refractivity contribution < 1.29 is 18.4 Å². The summed E-state index contributed by atoms with van der Waals surface area (Å²) in [6.45, 7) is 4.75. The van der Waals surface area contributed by atoms with E-state index in [1.807, 2.05) is 0 Å². The van der Waals surface area contributed by atoms with Gasteiger partial charge in [-0.1, -0.05) is 32.6 Å². The topological polar surface area (TPSA) is 76.4 Å². The van der Waals surface area contributed by atoms with Crippen molar-refractivity contribution in [3.05, 3.63) is 5.76 Å². The van der Waals surface area contributed by atoms with Crippen LogP contribution < -0.4 is 15.4 Å². The maximum Gasteiger partial charge on any atom is 0.291 e. The van der Waals surface area contributed by atoms with Gasteiger partial charge in [0.1, 0.15) is 11.1 Å². The number of nitrogens with one attached hydrogen (secondary N) is 2. The Morgan fingerprint density at radius 3 is 2.74 bits per heavy atom. The molecule has 34 heavy (non-hydrogen) atoms. The molecule has 4 aliphatic rings. The van der Waals surface area contributed by atoms with Crippen molar-refractivity contribution in [2.24, 2.45) is 23.7 Å². The number of thioether (sulfide) groups is 1. The maximum absolute atomic E-state index is 14.4. The number of alkyl halides is 1. The van der Waals surface area contributed by atoms with Gasteiger partial charge in [0.25, 0.3) is 11.8 Å². The quantitative estimate of drug-likeness (QED) is 0.507. The molecule has 4 fully saturated rings. The van der Waals surface area contributed by atoms with Crippen LogP contribution in [0, 0.1) is 23.7 Å². The Hall–Kier alpha value is -1.28. The average Bonchev–Trinajstić information content (AvgIpc) is 3.52. The first-order valence-electron chi connectivity index (χ1n) is 13.6. The number of aromatic nitrogens is 1. The van der Waals surface area contributed by atoms with Crippen molar-refractivity contribution in [2.75, 3.05) is 19.7 Å². The third-order valence-electron chi connectivity index (χ3n) is 8.46. The fraction of sp³-hybridized carbons (Fsp3) is 0.846. The first kappa shape index (κ1) is 24.4. The molecular weight excluding hydrogens is 453 g/mol. The number of fused-ring (bicyclic) bond motifs is 1. The van der Waals surface area contributed by atoms with Crippen LogP contribution in [0.3, 0.4) is 0 Å². The highest BCUT2D eigenvalue weighted by molar-refractivity contribution is 8.00. The van der Waals surface area contributed by atoms with Crippen molar-refractivity contribution in [2.45, 2.75) is 99.9 Å². The lowest BCUT2D eigenvalue weighted by atomic mass is 9.90. The zero-order chi connectivity index (χ0) is 23.5. The summed E-state index contributed by atoms with van der Waals surface area (Å²) >= 11 is 1.71. The normalized spacial score (nSPS) is 32.6. The highest BCUT2D eigenvalue weighted by atomic mass is 32.2. The minimum absolute atomic E-state index is 0.0139. The van der Waals surface area contributed by atoms with E-state index in [1.54, 1.807) is 11.8 Å². The predicted octanol–water partition coefficient (Wildman–Crippen LogP) is 5.37. The summed E-state index contributed by atoms with van der Waals surface area (Å²) in [5.74, 6) is 2.01. The number of amides is 1. The standard InChI is InChI=1S/C26H40FN3O3S/c1-2-17-12-19(27)13-18-14-21(18)22(17)29-25(31)23-24(34-20-6-4-3-5-7-20)26(30-33-23)32-15-16-8-10-28-11-9-16/h16-22,28H,2-15H2,1H3,(H,29,31). The number of piperidine rings is 1. The highest BCUT2D eigenvalue weighted by Crippen LogP contribution is 2.51. The van der Waals surface area contributed by atoms with Gasteiger partial charge < -0.3 is 19.9 Å². The molecule has 2 heterocycles. The van der Waals surface area contributed by atoms with Gasteiger partial charge in [-0.2, -0.15) is 0 Å². The monoisotopic (exact) mass is 493 g/mol. The summed E-state index contributed by atoms with van der Waals surface area (Å²) in [7, 11) is 0. The van der Waals surface area contributed by atoms with Gasteiger partial charge in [-0.05, 0) is 86.9 Å². The van der Waals surface area contributed by atoms with E-state index >= 15 is 0 Å². The van der Waals surface area contributed by atoms with Gasteiger partial charge in [0.15, 0.2) is 0 Å². The van der Waals surface area contributed by atoms with Crippen molar-refractivity contribution in [1.29, 1.82) is 0 Å². The summed E-state index contributed by atoms with van der Waals surface area (Å²) < 4.78 is 26.2. The molecule has 0 radical (unpaired) electrons. The Kier molecular flexibility index (Phi) is 8.04. The fourth-order valence-electron chi connectivity index (χ4n) is 6.30. The third kappa shape index (κ3) is 5.75. The van der Waals surface area contributed by atoms with Crippen molar-refractivity contribution in [3.8, 4) is 5.88 Å². The van der Waals surface area contributed by atoms with Crippen LogP contribution in [-0.4, -0.2) is 48.2 Å². The molecule has 8 heteroatoms. The van der Waals surface area contributed by atoms with Gasteiger partial charge in [-0.25, -0.2) is 4.39 Å². The Morgan fingerprint density at radius 1 is 1.18 bits per heavy atom. The molecule has 6 nitrogen and oxygen atoms in total. The van der Waals surface area contributed by atoms with Gasteiger partial charge in [0.05, 0.1) is 6.61 Å². The first-order valence-corrected chi connectivity index (χ1v) is 14.4. The second-order valence-electron chi connectivity index (χ2n) is 10.9. The molecule has 1 aromatic rings. The van der Waals surface area contributed by atoms with E-state index in [4.69, 9.17) is 9.26 Å². The number of carbonyl (C=O) groups excluding carboxylic acids is 1. The summed E-state index contributed by atoms with van der Waals surface area (Å²) in [5, 5.41) is 11.3. The van der Waals surface area contributed by atoms with Gasteiger partial charge >= 0.3 is 0 Å². The smallest absolute Gasteiger partial charge is 0.291 e. The first-order chi connectivity index (χ1) is 16.6. The minimum Gasteiger partial charge on any atom is -0.474 e. The number of halogens is 1. The van der Waals surface area contributed by atoms with E-state index in [1.165, 1.54) is 19.3 Å². The molecule has 0 spiro atoms. The van der Waals surface area contributed by atoms with E-state index in [9.17, 15) is 9.18 Å².